The number of hydrogen-bond acceptors (Lipinski definition) is 2. The molecule has 1 saturated heterocycles. The molecule has 3 aliphatic rings. The smallest absolute Gasteiger partial charge is 0.119 e. The molecular formula is C18H25NO2. The van der Waals surface area contributed by atoms with Gasteiger partial charge < -0.3 is 14.6 Å². The van der Waals surface area contributed by atoms with Crippen LogP contribution < -0.4 is 4.74 Å². The number of methoxy groups -OCH3 is 1. The van der Waals surface area contributed by atoms with Crippen LogP contribution in [0.5, 0.6) is 5.75 Å². The van der Waals surface area contributed by atoms with Crippen LogP contribution in [0.3, 0.4) is 0 Å². The third kappa shape index (κ3) is 1.80. The Bertz CT molecular complexity index is 568. The first kappa shape index (κ1) is 13.6. The predicted molar refractivity (Wildman–Crippen MR) is 83.2 cm³/mol. The average molecular weight is 287 g/mol. The van der Waals surface area contributed by atoms with Crippen LogP contribution >= 0.6 is 0 Å². The molecular weight excluding hydrogens is 262 g/mol. The summed E-state index contributed by atoms with van der Waals surface area (Å²) in [6, 6.07) is 6.80. The number of hydroxylamine groups is 3. The molecule has 21 heavy (non-hydrogen) atoms. The Balaban J connectivity index is 1.89. The lowest BCUT2D eigenvalue weighted by Gasteiger charge is -2.63. The van der Waals surface area contributed by atoms with Gasteiger partial charge in [0, 0.05) is 24.2 Å². The van der Waals surface area contributed by atoms with Gasteiger partial charge in [-0.15, -0.1) is 0 Å². The van der Waals surface area contributed by atoms with Crippen molar-refractivity contribution in [3.8, 4) is 5.75 Å². The van der Waals surface area contributed by atoms with Crippen molar-refractivity contribution in [3.05, 3.63) is 34.5 Å². The van der Waals surface area contributed by atoms with Gasteiger partial charge in [0.15, 0.2) is 0 Å². The number of likely N-dealkylation sites (tertiary alicyclic amines) is 1. The monoisotopic (exact) mass is 287 g/mol. The van der Waals surface area contributed by atoms with Crippen LogP contribution in [0.2, 0.25) is 0 Å². The fourth-order valence-electron chi connectivity index (χ4n) is 5.46. The number of benzene rings is 1. The Labute approximate surface area is 127 Å². The number of ether oxygens (including phenoxy) is 1. The third-order valence-electron chi connectivity index (χ3n) is 6.55. The molecule has 2 aliphatic carbocycles. The number of hydrogen-bond donors (Lipinski definition) is 0. The fraction of sp³-hybridized carbons (Fsp3) is 0.667. The van der Waals surface area contributed by atoms with Crippen molar-refractivity contribution in [2.24, 2.45) is 5.92 Å². The first-order chi connectivity index (χ1) is 10.1. The van der Waals surface area contributed by atoms with Crippen LogP contribution in [0.1, 0.15) is 43.2 Å². The van der Waals surface area contributed by atoms with Gasteiger partial charge in [0.2, 0.25) is 0 Å². The Kier molecular flexibility index (Phi) is 2.89. The van der Waals surface area contributed by atoms with Gasteiger partial charge in [0.05, 0.1) is 26.7 Å². The summed E-state index contributed by atoms with van der Waals surface area (Å²) in [5.41, 5.74) is 3.16. The lowest BCUT2D eigenvalue weighted by Crippen LogP contribution is -2.66. The molecule has 0 amide bonds. The molecule has 1 saturated carbocycles. The van der Waals surface area contributed by atoms with Crippen molar-refractivity contribution in [2.45, 2.75) is 50.0 Å². The van der Waals surface area contributed by atoms with E-state index in [1.807, 2.05) is 7.05 Å². The second-order valence-electron chi connectivity index (χ2n) is 7.45. The van der Waals surface area contributed by atoms with Gasteiger partial charge in [-0.2, -0.15) is 0 Å². The molecule has 0 radical (unpaired) electrons. The Morgan fingerprint density at radius 2 is 2.14 bits per heavy atom. The summed E-state index contributed by atoms with van der Waals surface area (Å²) < 4.78 is 5.44. The van der Waals surface area contributed by atoms with Crippen molar-refractivity contribution in [3.63, 3.8) is 0 Å². The molecule has 0 N–H and O–H groups in total. The SMILES string of the molecule is COc1ccc2c(c1)[C@@]13CCCC[C@H]1[C@@H](C2)[N@+](C)([O-])CC3. The number of fused-ring (bicyclic) bond motifs is 1. The van der Waals surface area contributed by atoms with Crippen molar-refractivity contribution < 1.29 is 9.38 Å². The van der Waals surface area contributed by atoms with E-state index in [1.165, 1.54) is 36.8 Å². The summed E-state index contributed by atoms with van der Waals surface area (Å²) in [4.78, 5) is 0. The highest BCUT2D eigenvalue weighted by Gasteiger charge is 2.57. The summed E-state index contributed by atoms with van der Waals surface area (Å²) in [5.74, 6) is 1.54. The quantitative estimate of drug-likeness (QED) is 0.586. The molecule has 0 spiro atoms. The second-order valence-corrected chi connectivity index (χ2v) is 7.45. The lowest BCUT2D eigenvalue weighted by atomic mass is 9.52. The van der Waals surface area contributed by atoms with Gasteiger partial charge in [-0.25, -0.2) is 0 Å². The van der Waals surface area contributed by atoms with Crippen LogP contribution in [0, 0.1) is 11.1 Å². The van der Waals surface area contributed by atoms with E-state index in [4.69, 9.17) is 4.74 Å². The van der Waals surface area contributed by atoms with E-state index in [1.54, 1.807) is 7.11 Å². The minimum atomic E-state index is -0.0299. The minimum absolute atomic E-state index is 0.0299. The van der Waals surface area contributed by atoms with Crippen LogP contribution in [-0.4, -0.2) is 31.4 Å². The lowest BCUT2D eigenvalue weighted by molar-refractivity contribution is -0.899. The van der Waals surface area contributed by atoms with E-state index in [0.29, 0.717) is 5.92 Å². The Hall–Kier alpha value is -1.06. The minimum Gasteiger partial charge on any atom is -0.633 e. The second kappa shape index (κ2) is 4.47. The van der Waals surface area contributed by atoms with E-state index in [-0.39, 0.29) is 16.1 Å². The Morgan fingerprint density at radius 1 is 1.29 bits per heavy atom. The highest BCUT2D eigenvalue weighted by Crippen LogP contribution is 2.57. The largest absolute Gasteiger partial charge is 0.633 e. The first-order valence-electron chi connectivity index (χ1n) is 8.30. The first-order valence-corrected chi connectivity index (χ1v) is 8.30. The molecule has 0 unspecified atom stereocenters. The van der Waals surface area contributed by atoms with Crippen molar-refractivity contribution in [2.75, 3.05) is 20.7 Å². The molecule has 1 aromatic carbocycles. The van der Waals surface area contributed by atoms with Crippen LogP contribution in [0.4, 0.5) is 0 Å². The molecule has 3 nitrogen and oxygen atoms in total. The van der Waals surface area contributed by atoms with E-state index in [0.717, 1.165) is 25.1 Å². The number of rotatable bonds is 1. The van der Waals surface area contributed by atoms with Crippen molar-refractivity contribution in [1.82, 2.24) is 0 Å². The molecule has 1 aliphatic heterocycles. The van der Waals surface area contributed by atoms with E-state index in [9.17, 15) is 5.21 Å². The molecule has 1 heterocycles. The van der Waals surface area contributed by atoms with Gasteiger partial charge in [-0.05, 0) is 36.1 Å². The fourth-order valence-corrected chi connectivity index (χ4v) is 5.46. The van der Waals surface area contributed by atoms with Crippen LogP contribution in [-0.2, 0) is 11.8 Å². The standard InChI is InChI=1S/C18H25NO2/c1-19(20)10-9-18-8-4-3-5-15(18)17(19)11-13-6-7-14(21-2)12-16(13)18/h6-7,12,15,17H,3-5,8-11H2,1-2H3/t15-,17+,18+,19+/m0/s1. The van der Waals surface area contributed by atoms with Gasteiger partial charge in [-0.3, -0.25) is 0 Å². The number of quaternary nitrogens is 1. The molecule has 0 aromatic heterocycles. The normalized spacial score (nSPS) is 41.1. The van der Waals surface area contributed by atoms with E-state index in [2.05, 4.69) is 18.2 Å². The molecule has 114 valence electrons. The van der Waals surface area contributed by atoms with Crippen molar-refractivity contribution in [1.29, 1.82) is 0 Å². The van der Waals surface area contributed by atoms with Crippen molar-refractivity contribution >= 4 is 0 Å². The van der Waals surface area contributed by atoms with Crippen LogP contribution in [0.25, 0.3) is 0 Å². The summed E-state index contributed by atoms with van der Waals surface area (Å²) in [6.07, 6.45) is 7.09. The maximum atomic E-state index is 13.0. The number of nitrogens with zero attached hydrogens (tertiary/aromatic N) is 1. The maximum absolute atomic E-state index is 13.0. The molecule has 4 atom stereocenters. The average Bonchev–Trinajstić information content (AvgIpc) is 2.51. The summed E-state index contributed by atoms with van der Waals surface area (Å²) in [5, 5.41) is 13.0. The zero-order chi connectivity index (χ0) is 14.7. The van der Waals surface area contributed by atoms with E-state index < -0.39 is 0 Å². The van der Waals surface area contributed by atoms with E-state index >= 15 is 0 Å². The topological polar surface area (TPSA) is 32.3 Å². The molecule has 3 heteroatoms. The van der Waals surface area contributed by atoms with Gasteiger partial charge >= 0.3 is 0 Å². The number of piperidine rings is 1. The highest BCUT2D eigenvalue weighted by molar-refractivity contribution is 5.45. The Morgan fingerprint density at radius 3 is 2.95 bits per heavy atom. The van der Waals surface area contributed by atoms with Gasteiger partial charge in [0.1, 0.15) is 5.75 Å². The van der Waals surface area contributed by atoms with Crippen LogP contribution in [0.15, 0.2) is 18.2 Å². The maximum Gasteiger partial charge on any atom is 0.119 e. The molecule has 2 fully saturated rings. The molecule has 1 aromatic rings. The molecule has 4 rings (SSSR count). The predicted octanol–water partition coefficient (Wildman–Crippen LogP) is 3.40. The number of likely N-dealkylation sites (N-methyl/N-ethyl adjacent to an activating group) is 1. The zero-order valence-electron chi connectivity index (χ0n) is 13.1. The summed E-state index contributed by atoms with van der Waals surface area (Å²) >= 11 is 0. The zero-order valence-corrected chi connectivity index (χ0v) is 13.1. The molecule has 2 bridgehead atoms. The third-order valence-corrected chi connectivity index (χ3v) is 6.55. The van der Waals surface area contributed by atoms with Gasteiger partial charge in [0.25, 0.3) is 0 Å². The summed E-state index contributed by atoms with van der Waals surface area (Å²) in [6.45, 7) is 0.776. The summed E-state index contributed by atoms with van der Waals surface area (Å²) in [7, 11) is 3.65. The highest BCUT2D eigenvalue weighted by atomic mass is 16.5. The van der Waals surface area contributed by atoms with Gasteiger partial charge in [-0.1, -0.05) is 18.9 Å².